The highest BCUT2D eigenvalue weighted by molar-refractivity contribution is 5.97. The number of ether oxygens (including phenoxy) is 3. The molecule has 0 aliphatic heterocycles. The average Bonchev–Trinajstić information content (AvgIpc) is 2.56. The van der Waals surface area contributed by atoms with Crippen LogP contribution in [0.25, 0.3) is 0 Å². The molecule has 1 unspecified atom stereocenters. The lowest BCUT2D eigenvalue weighted by Gasteiger charge is -2.16. The molecule has 0 aliphatic rings. The molecule has 0 saturated heterocycles. The van der Waals surface area contributed by atoms with Crippen molar-refractivity contribution >= 4 is 11.9 Å². The molecule has 0 saturated carbocycles. The summed E-state index contributed by atoms with van der Waals surface area (Å²) in [6.07, 6.45) is 1.94. The fraction of sp³-hybridized carbons (Fsp3) is 0.500. The van der Waals surface area contributed by atoms with Gasteiger partial charge in [0, 0.05) is 5.56 Å². The predicted molar refractivity (Wildman–Crippen MR) is 84.5 cm³/mol. The number of methoxy groups -OCH3 is 3. The Kier molecular flexibility index (Phi) is 7.18. The van der Waals surface area contributed by atoms with E-state index in [1.54, 1.807) is 0 Å². The maximum atomic E-state index is 12.3. The van der Waals surface area contributed by atoms with E-state index in [2.05, 4.69) is 5.32 Å². The Balaban J connectivity index is 3.04. The smallest absolute Gasteiger partial charge is 0.326 e. The maximum absolute atomic E-state index is 12.3. The summed E-state index contributed by atoms with van der Waals surface area (Å²) >= 11 is 0. The Morgan fingerprint density at radius 1 is 1.13 bits per heavy atom. The Morgan fingerprint density at radius 3 is 2.09 bits per heavy atom. The molecular formula is C16H23NO6. The predicted octanol–water partition coefficient (Wildman–Crippen LogP) is 2.09. The van der Waals surface area contributed by atoms with Gasteiger partial charge in [0.1, 0.15) is 6.04 Å². The second-order valence-electron chi connectivity index (χ2n) is 4.92. The number of carboxylic acids is 1. The molecule has 1 rings (SSSR count). The van der Waals surface area contributed by atoms with Gasteiger partial charge in [0.2, 0.25) is 5.75 Å². The molecule has 0 aromatic heterocycles. The van der Waals surface area contributed by atoms with Crippen molar-refractivity contribution in [1.82, 2.24) is 5.32 Å². The van der Waals surface area contributed by atoms with E-state index in [9.17, 15) is 14.7 Å². The Bertz CT molecular complexity index is 532. The first-order chi connectivity index (χ1) is 11.0. The number of benzene rings is 1. The summed E-state index contributed by atoms with van der Waals surface area (Å²) in [6, 6.07) is 2.03. The van der Waals surface area contributed by atoms with Gasteiger partial charge in [0.05, 0.1) is 21.3 Å². The van der Waals surface area contributed by atoms with E-state index in [4.69, 9.17) is 14.2 Å². The number of carbonyl (C=O) groups excluding carboxylic acids is 1. The molecule has 0 radical (unpaired) electrons. The lowest BCUT2D eigenvalue weighted by atomic mass is 10.1. The first-order valence-electron chi connectivity index (χ1n) is 7.32. The second kappa shape index (κ2) is 8.87. The number of amides is 1. The van der Waals surface area contributed by atoms with Gasteiger partial charge in [-0.1, -0.05) is 19.8 Å². The van der Waals surface area contributed by atoms with E-state index in [0.717, 1.165) is 6.42 Å². The Morgan fingerprint density at radius 2 is 1.70 bits per heavy atom. The molecule has 1 aromatic carbocycles. The summed E-state index contributed by atoms with van der Waals surface area (Å²) in [5.74, 6) is -0.533. The number of carboxylic acid groups (broad SMARTS) is 1. The van der Waals surface area contributed by atoms with Crippen LogP contribution < -0.4 is 19.5 Å². The van der Waals surface area contributed by atoms with Crippen LogP contribution in [-0.4, -0.2) is 44.4 Å². The quantitative estimate of drug-likeness (QED) is 0.722. The molecule has 0 spiro atoms. The molecule has 0 heterocycles. The van der Waals surface area contributed by atoms with Crippen molar-refractivity contribution in [3.63, 3.8) is 0 Å². The molecule has 2 N–H and O–H groups in total. The van der Waals surface area contributed by atoms with Crippen LogP contribution >= 0.6 is 0 Å². The lowest BCUT2D eigenvalue weighted by Crippen LogP contribution is -2.40. The Labute approximate surface area is 135 Å². The van der Waals surface area contributed by atoms with Gasteiger partial charge >= 0.3 is 5.97 Å². The van der Waals surface area contributed by atoms with Crippen molar-refractivity contribution in [2.24, 2.45) is 0 Å². The molecular weight excluding hydrogens is 302 g/mol. The van der Waals surface area contributed by atoms with E-state index >= 15 is 0 Å². The monoisotopic (exact) mass is 325 g/mol. The highest BCUT2D eigenvalue weighted by Gasteiger charge is 2.22. The lowest BCUT2D eigenvalue weighted by molar-refractivity contribution is -0.139. The van der Waals surface area contributed by atoms with Gasteiger partial charge in [-0.3, -0.25) is 4.79 Å². The first-order valence-corrected chi connectivity index (χ1v) is 7.32. The van der Waals surface area contributed by atoms with Gasteiger partial charge in [-0.25, -0.2) is 4.79 Å². The summed E-state index contributed by atoms with van der Waals surface area (Å²) in [5, 5.41) is 11.7. The van der Waals surface area contributed by atoms with Gasteiger partial charge in [0.25, 0.3) is 5.91 Å². The van der Waals surface area contributed by atoms with Crippen LogP contribution in [0, 0.1) is 0 Å². The zero-order valence-electron chi connectivity index (χ0n) is 13.8. The third-order valence-electron chi connectivity index (χ3n) is 3.38. The van der Waals surface area contributed by atoms with E-state index in [-0.39, 0.29) is 5.56 Å². The van der Waals surface area contributed by atoms with Crippen LogP contribution in [0.4, 0.5) is 0 Å². The van der Waals surface area contributed by atoms with Gasteiger partial charge < -0.3 is 24.6 Å². The van der Waals surface area contributed by atoms with Gasteiger partial charge in [0.15, 0.2) is 11.5 Å². The van der Waals surface area contributed by atoms with Crippen LogP contribution in [0.2, 0.25) is 0 Å². The molecule has 128 valence electrons. The summed E-state index contributed by atoms with van der Waals surface area (Å²) in [5.41, 5.74) is 0.238. The number of rotatable bonds is 9. The molecule has 0 fully saturated rings. The number of nitrogens with one attached hydrogen (secondary N) is 1. The van der Waals surface area contributed by atoms with Crippen LogP contribution in [-0.2, 0) is 4.79 Å². The van der Waals surface area contributed by atoms with Gasteiger partial charge in [-0.15, -0.1) is 0 Å². The summed E-state index contributed by atoms with van der Waals surface area (Å²) in [4.78, 5) is 23.6. The summed E-state index contributed by atoms with van der Waals surface area (Å²) in [7, 11) is 4.35. The largest absolute Gasteiger partial charge is 0.493 e. The topological polar surface area (TPSA) is 94.1 Å². The highest BCUT2D eigenvalue weighted by atomic mass is 16.5. The minimum Gasteiger partial charge on any atom is -0.493 e. The van der Waals surface area contributed by atoms with E-state index in [0.29, 0.717) is 30.1 Å². The van der Waals surface area contributed by atoms with Crippen molar-refractivity contribution in [1.29, 1.82) is 0 Å². The van der Waals surface area contributed by atoms with Gasteiger partial charge in [-0.05, 0) is 18.6 Å². The minimum absolute atomic E-state index is 0.238. The van der Waals surface area contributed by atoms with Gasteiger partial charge in [-0.2, -0.15) is 0 Å². The first kappa shape index (κ1) is 18.6. The standard InChI is InChI=1S/C16H23NO6/c1-5-6-7-11(16(19)20)17-15(18)10-8-12(21-2)14(23-4)13(9-10)22-3/h8-9,11H,5-7H2,1-4H3,(H,17,18)(H,19,20). The number of carbonyl (C=O) groups is 2. The SMILES string of the molecule is CCCCC(NC(=O)c1cc(OC)c(OC)c(OC)c1)C(=O)O. The van der Waals surface area contributed by atoms with Crippen molar-refractivity contribution < 1.29 is 28.9 Å². The maximum Gasteiger partial charge on any atom is 0.326 e. The number of aliphatic carboxylic acids is 1. The molecule has 7 heteroatoms. The molecule has 1 aromatic rings. The normalized spacial score (nSPS) is 11.5. The zero-order chi connectivity index (χ0) is 17.4. The molecule has 7 nitrogen and oxygen atoms in total. The number of unbranched alkanes of at least 4 members (excludes halogenated alkanes) is 1. The third-order valence-corrected chi connectivity index (χ3v) is 3.38. The van der Waals surface area contributed by atoms with Crippen LogP contribution in [0.5, 0.6) is 17.2 Å². The highest BCUT2D eigenvalue weighted by Crippen LogP contribution is 2.38. The summed E-state index contributed by atoms with van der Waals surface area (Å²) in [6.45, 7) is 1.96. The van der Waals surface area contributed by atoms with Crippen LogP contribution in [0.15, 0.2) is 12.1 Å². The number of hydrogen-bond acceptors (Lipinski definition) is 5. The third kappa shape index (κ3) is 4.77. The van der Waals surface area contributed by atoms with E-state index < -0.39 is 17.9 Å². The summed E-state index contributed by atoms with van der Waals surface area (Å²) < 4.78 is 15.6. The number of hydrogen-bond donors (Lipinski definition) is 2. The van der Waals surface area contributed by atoms with Crippen LogP contribution in [0.3, 0.4) is 0 Å². The van der Waals surface area contributed by atoms with Crippen molar-refractivity contribution in [2.45, 2.75) is 32.2 Å². The molecule has 23 heavy (non-hydrogen) atoms. The Hall–Kier alpha value is -2.44. The van der Waals surface area contributed by atoms with Crippen molar-refractivity contribution in [3.8, 4) is 17.2 Å². The van der Waals surface area contributed by atoms with Crippen LogP contribution in [0.1, 0.15) is 36.5 Å². The van der Waals surface area contributed by atoms with Crippen molar-refractivity contribution in [3.05, 3.63) is 17.7 Å². The fourth-order valence-corrected chi connectivity index (χ4v) is 2.12. The fourth-order valence-electron chi connectivity index (χ4n) is 2.12. The molecule has 1 amide bonds. The van der Waals surface area contributed by atoms with E-state index in [1.807, 2.05) is 6.92 Å². The van der Waals surface area contributed by atoms with Crippen molar-refractivity contribution in [2.75, 3.05) is 21.3 Å². The molecule has 1 atom stereocenters. The second-order valence-corrected chi connectivity index (χ2v) is 4.92. The zero-order valence-corrected chi connectivity index (χ0v) is 13.8. The molecule has 0 aliphatic carbocycles. The molecule has 0 bridgehead atoms. The average molecular weight is 325 g/mol. The van der Waals surface area contributed by atoms with E-state index in [1.165, 1.54) is 33.5 Å². The minimum atomic E-state index is -1.06.